The maximum absolute atomic E-state index is 10.3. The second kappa shape index (κ2) is 10.2. The molecule has 0 saturated heterocycles. The quantitative estimate of drug-likeness (QED) is 0.403. The van der Waals surface area contributed by atoms with E-state index in [2.05, 4.69) is 25.2 Å². The third-order valence-electron chi connectivity index (χ3n) is 4.47. The number of unbranched alkanes of at least 4 members (excludes halogenated alkanes) is 2. The Hall–Kier alpha value is -0.575. The molecule has 0 heterocycles. The average Bonchev–Trinajstić information content (AvgIpc) is 2.80. The van der Waals surface area contributed by atoms with Crippen LogP contribution in [0.2, 0.25) is 0 Å². The summed E-state index contributed by atoms with van der Waals surface area (Å²) >= 11 is 0. The van der Waals surface area contributed by atoms with Gasteiger partial charge in [-0.05, 0) is 18.8 Å². The molecule has 1 unspecified atom stereocenters. The molecule has 5 atom stereocenters. The highest BCUT2D eigenvalue weighted by atomic mass is 16.5. The Labute approximate surface area is 130 Å². The zero-order valence-electron chi connectivity index (χ0n) is 14.0. The highest BCUT2D eigenvalue weighted by molar-refractivity contribution is 6.12. The van der Waals surface area contributed by atoms with Crippen LogP contribution in [0.1, 0.15) is 39.0 Å². The number of aliphatic hydroxyl groups is 1. The van der Waals surface area contributed by atoms with Gasteiger partial charge in [0.05, 0.1) is 12.2 Å². The number of ether oxygens (including phenoxy) is 2. The fourth-order valence-corrected chi connectivity index (χ4v) is 3.01. The van der Waals surface area contributed by atoms with Crippen LogP contribution in [-0.4, -0.2) is 45.4 Å². The molecule has 0 bridgehead atoms. The van der Waals surface area contributed by atoms with Crippen LogP contribution in [0.5, 0.6) is 0 Å². The molecule has 120 valence electrons. The number of methoxy groups -OCH3 is 2. The van der Waals surface area contributed by atoms with Crippen molar-refractivity contribution in [3.05, 3.63) is 24.3 Å². The molecule has 1 saturated carbocycles. The lowest BCUT2D eigenvalue weighted by molar-refractivity contribution is 0.0636. The number of aliphatic hydroxyl groups excluding tert-OH is 1. The smallest absolute Gasteiger partial charge is 0.144 e. The van der Waals surface area contributed by atoms with Gasteiger partial charge in [-0.1, -0.05) is 44.1 Å². The van der Waals surface area contributed by atoms with Crippen LogP contribution in [-0.2, 0) is 9.47 Å². The monoisotopic (exact) mass is 294 g/mol. The summed E-state index contributed by atoms with van der Waals surface area (Å²) < 4.78 is 10.8. The molecule has 1 N–H and O–H groups in total. The van der Waals surface area contributed by atoms with Crippen LogP contribution >= 0.6 is 0 Å². The van der Waals surface area contributed by atoms with Crippen LogP contribution in [0, 0.1) is 11.8 Å². The highest BCUT2D eigenvalue weighted by Gasteiger charge is 2.40. The lowest BCUT2D eigenvalue weighted by Gasteiger charge is -2.21. The third kappa shape index (κ3) is 5.97. The van der Waals surface area contributed by atoms with Gasteiger partial charge in [0.2, 0.25) is 0 Å². The van der Waals surface area contributed by atoms with Gasteiger partial charge in [0.1, 0.15) is 7.85 Å². The van der Waals surface area contributed by atoms with E-state index in [1.54, 1.807) is 14.2 Å². The number of allylic oxidation sites excluding steroid dienone is 2. The van der Waals surface area contributed by atoms with E-state index in [0.29, 0.717) is 5.92 Å². The number of hydrogen-bond acceptors (Lipinski definition) is 3. The average molecular weight is 294 g/mol. The van der Waals surface area contributed by atoms with Gasteiger partial charge in [-0.3, -0.25) is 0 Å². The largest absolute Gasteiger partial charge is 0.392 e. The molecule has 1 rings (SSSR count). The van der Waals surface area contributed by atoms with E-state index in [1.165, 1.54) is 12.8 Å². The normalized spacial score (nSPS) is 31.4. The summed E-state index contributed by atoms with van der Waals surface area (Å²) in [6, 6.07) is 0.0829. The Bertz CT molecular complexity index is 330. The summed E-state index contributed by atoms with van der Waals surface area (Å²) in [5.74, 6) is 0.506. The van der Waals surface area contributed by atoms with Crippen molar-refractivity contribution in [2.24, 2.45) is 11.8 Å². The molecular weight excluding hydrogens is 263 g/mol. The summed E-state index contributed by atoms with van der Waals surface area (Å²) in [7, 11) is 5.45. The van der Waals surface area contributed by atoms with Crippen molar-refractivity contribution in [1.82, 2.24) is 0 Å². The van der Waals surface area contributed by atoms with Crippen molar-refractivity contribution in [3.63, 3.8) is 0 Å². The Kier molecular flexibility index (Phi) is 8.97. The number of rotatable bonds is 9. The summed E-state index contributed by atoms with van der Waals surface area (Å²) in [6.45, 7) is 2.21. The van der Waals surface area contributed by atoms with Crippen molar-refractivity contribution in [2.75, 3.05) is 14.2 Å². The van der Waals surface area contributed by atoms with Gasteiger partial charge in [0, 0.05) is 32.6 Å². The second-order valence-electron chi connectivity index (χ2n) is 5.99. The van der Waals surface area contributed by atoms with E-state index < -0.39 is 0 Å². The van der Waals surface area contributed by atoms with Crippen molar-refractivity contribution >= 4 is 7.85 Å². The van der Waals surface area contributed by atoms with Gasteiger partial charge >= 0.3 is 0 Å². The highest BCUT2D eigenvalue weighted by Crippen LogP contribution is 2.37. The van der Waals surface area contributed by atoms with Crippen molar-refractivity contribution in [2.45, 2.75) is 57.2 Å². The first-order chi connectivity index (χ1) is 10.1. The Balaban J connectivity index is 2.63. The zero-order chi connectivity index (χ0) is 15.7. The minimum absolute atomic E-state index is 0.0829. The predicted octanol–water partition coefficient (Wildman–Crippen LogP) is 2.30. The molecule has 0 amide bonds. The van der Waals surface area contributed by atoms with Crippen molar-refractivity contribution in [1.29, 1.82) is 0 Å². The molecule has 21 heavy (non-hydrogen) atoms. The van der Waals surface area contributed by atoms with E-state index >= 15 is 0 Å². The summed E-state index contributed by atoms with van der Waals surface area (Å²) in [4.78, 5) is 0. The van der Waals surface area contributed by atoms with E-state index in [4.69, 9.17) is 9.47 Å². The molecule has 0 aromatic rings. The van der Waals surface area contributed by atoms with E-state index in [-0.39, 0.29) is 24.1 Å². The lowest BCUT2D eigenvalue weighted by atomic mass is 9.88. The fourth-order valence-electron chi connectivity index (χ4n) is 3.01. The van der Waals surface area contributed by atoms with E-state index in [9.17, 15) is 5.11 Å². The minimum atomic E-state index is -0.315. The topological polar surface area (TPSA) is 38.7 Å². The minimum Gasteiger partial charge on any atom is -0.392 e. The first-order valence-electron chi connectivity index (χ1n) is 8.21. The summed E-state index contributed by atoms with van der Waals surface area (Å²) in [5, 5.41) is 10.3. The summed E-state index contributed by atoms with van der Waals surface area (Å²) in [6.07, 6.45) is 13.8. The first kappa shape index (κ1) is 18.5. The van der Waals surface area contributed by atoms with Crippen molar-refractivity contribution in [3.8, 4) is 0 Å². The molecule has 0 radical (unpaired) electrons. The van der Waals surface area contributed by atoms with Gasteiger partial charge < -0.3 is 14.6 Å². The molecule has 0 aromatic heterocycles. The first-order valence-corrected chi connectivity index (χ1v) is 8.21. The predicted molar refractivity (Wildman–Crippen MR) is 90.2 cm³/mol. The second-order valence-corrected chi connectivity index (χ2v) is 5.99. The van der Waals surface area contributed by atoms with Gasteiger partial charge in [-0.25, -0.2) is 0 Å². The Morgan fingerprint density at radius 1 is 1.33 bits per heavy atom. The molecule has 1 aliphatic rings. The summed E-state index contributed by atoms with van der Waals surface area (Å²) in [5.41, 5.74) is 0. The third-order valence-corrected chi connectivity index (χ3v) is 4.47. The maximum atomic E-state index is 10.3. The molecule has 4 heteroatoms. The van der Waals surface area contributed by atoms with Crippen LogP contribution in [0.15, 0.2) is 24.3 Å². The van der Waals surface area contributed by atoms with Crippen LogP contribution in [0.4, 0.5) is 0 Å². The lowest BCUT2D eigenvalue weighted by Crippen LogP contribution is -2.21. The fraction of sp³-hybridized carbons (Fsp3) is 0.765. The maximum Gasteiger partial charge on any atom is 0.144 e. The number of hydrogen-bond donors (Lipinski definition) is 1. The van der Waals surface area contributed by atoms with Crippen LogP contribution < -0.4 is 0 Å². The SMILES string of the molecule is BC(/C=C/[C@@H]1[C@@H](C/C=C\CCCC)[C@@H](OC)C[C@H]1O)OC. The van der Waals surface area contributed by atoms with Gasteiger partial charge in [-0.15, -0.1) is 0 Å². The van der Waals surface area contributed by atoms with Crippen molar-refractivity contribution < 1.29 is 14.6 Å². The Morgan fingerprint density at radius 2 is 2.10 bits per heavy atom. The zero-order valence-corrected chi connectivity index (χ0v) is 14.0. The van der Waals surface area contributed by atoms with E-state index in [0.717, 1.165) is 19.3 Å². The Morgan fingerprint density at radius 3 is 2.71 bits per heavy atom. The standard InChI is InChI=1S/C17H31BO3/c1-4-5-6-7-8-9-14-13(10-11-17(18)21-3)15(19)12-16(14)20-2/h7-8,10-11,13-17,19H,4-6,9,12,18H2,1-3H3/b8-7-,11-10+/t13-,14-,15-,16+,17?/m1/s1. The van der Waals surface area contributed by atoms with Crippen LogP contribution in [0.25, 0.3) is 0 Å². The van der Waals surface area contributed by atoms with E-state index in [1.807, 2.05) is 13.9 Å². The molecule has 1 aliphatic carbocycles. The van der Waals surface area contributed by atoms with Gasteiger partial charge in [-0.2, -0.15) is 0 Å². The molecular formula is C17H31BO3. The molecule has 0 aromatic carbocycles. The van der Waals surface area contributed by atoms with Gasteiger partial charge in [0.25, 0.3) is 0 Å². The molecule has 3 nitrogen and oxygen atoms in total. The molecule has 0 aliphatic heterocycles. The van der Waals surface area contributed by atoms with Crippen LogP contribution in [0.3, 0.4) is 0 Å². The van der Waals surface area contributed by atoms with Gasteiger partial charge in [0.15, 0.2) is 0 Å². The molecule has 1 fully saturated rings. The molecule has 0 spiro atoms.